The second-order valence-corrected chi connectivity index (χ2v) is 9.00. The Kier molecular flexibility index (Phi) is 7.68. The van der Waals surface area contributed by atoms with Crippen LogP contribution < -0.4 is 18.9 Å². The van der Waals surface area contributed by atoms with Gasteiger partial charge in [0.05, 0.1) is 34.4 Å². The molecule has 2 amide bonds. The molecule has 2 aromatic rings. The van der Waals surface area contributed by atoms with E-state index >= 15 is 0 Å². The zero-order chi connectivity index (χ0) is 24.9. The van der Waals surface area contributed by atoms with E-state index in [1.165, 1.54) is 0 Å². The highest BCUT2D eigenvalue weighted by atomic mass is 16.5. The zero-order valence-corrected chi connectivity index (χ0v) is 20.9. The summed E-state index contributed by atoms with van der Waals surface area (Å²) in [6.45, 7) is 2.30. The minimum absolute atomic E-state index is 0.101. The van der Waals surface area contributed by atoms with Crippen LogP contribution >= 0.6 is 0 Å². The van der Waals surface area contributed by atoms with Gasteiger partial charge in [-0.2, -0.15) is 0 Å². The first-order chi connectivity index (χ1) is 17.0. The minimum atomic E-state index is -0.356. The van der Waals surface area contributed by atoms with Gasteiger partial charge in [0.15, 0.2) is 11.5 Å². The second kappa shape index (κ2) is 10.9. The quantitative estimate of drug-likeness (QED) is 0.600. The number of likely N-dealkylation sites (tertiary alicyclic amines) is 2. The van der Waals surface area contributed by atoms with Crippen LogP contribution in [0.2, 0.25) is 0 Å². The van der Waals surface area contributed by atoms with E-state index in [-0.39, 0.29) is 23.7 Å². The summed E-state index contributed by atoms with van der Waals surface area (Å²) in [7, 11) is 6.29. The Hall–Kier alpha value is -3.42. The van der Waals surface area contributed by atoms with Gasteiger partial charge in [-0.1, -0.05) is 6.07 Å². The first kappa shape index (κ1) is 24.7. The summed E-state index contributed by atoms with van der Waals surface area (Å²) in [5, 5.41) is 0. The van der Waals surface area contributed by atoms with Crippen LogP contribution in [0, 0.1) is 5.92 Å². The zero-order valence-electron chi connectivity index (χ0n) is 20.9. The Morgan fingerprint density at radius 2 is 1.49 bits per heavy atom. The summed E-state index contributed by atoms with van der Waals surface area (Å²) in [4.78, 5) is 30.9. The largest absolute Gasteiger partial charge is 0.497 e. The van der Waals surface area contributed by atoms with Crippen LogP contribution in [0.5, 0.6) is 23.0 Å². The van der Waals surface area contributed by atoms with E-state index in [1.807, 2.05) is 23.1 Å². The first-order valence-electron chi connectivity index (χ1n) is 12.0. The molecule has 2 aromatic carbocycles. The highest BCUT2D eigenvalue weighted by Crippen LogP contribution is 2.44. The van der Waals surface area contributed by atoms with Crippen molar-refractivity contribution in [2.24, 2.45) is 5.92 Å². The number of hydrogen-bond donors (Lipinski definition) is 0. The number of rotatable bonds is 7. The third kappa shape index (κ3) is 5.01. The number of piperidine rings is 1. The lowest BCUT2D eigenvalue weighted by Gasteiger charge is -2.31. The van der Waals surface area contributed by atoms with E-state index in [0.717, 1.165) is 37.9 Å². The first-order valence-corrected chi connectivity index (χ1v) is 12.0. The normalized spacial score (nSPS) is 19.9. The second-order valence-electron chi connectivity index (χ2n) is 9.00. The molecule has 8 heteroatoms. The van der Waals surface area contributed by atoms with Crippen molar-refractivity contribution in [3.63, 3.8) is 0 Å². The lowest BCUT2D eigenvalue weighted by Crippen LogP contribution is -2.42. The number of carbonyl (C=O) groups is 2. The van der Waals surface area contributed by atoms with Crippen molar-refractivity contribution in [3.8, 4) is 23.0 Å². The number of amides is 2. The van der Waals surface area contributed by atoms with E-state index in [0.29, 0.717) is 41.7 Å². The van der Waals surface area contributed by atoms with E-state index in [4.69, 9.17) is 18.9 Å². The monoisotopic (exact) mass is 482 g/mol. The van der Waals surface area contributed by atoms with Crippen molar-refractivity contribution in [1.82, 2.24) is 9.80 Å². The van der Waals surface area contributed by atoms with Crippen LogP contribution in [0.4, 0.5) is 0 Å². The molecule has 2 saturated heterocycles. The van der Waals surface area contributed by atoms with Crippen LogP contribution in [-0.4, -0.2) is 76.2 Å². The number of methoxy groups -OCH3 is 4. The van der Waals surface area contributed by atoms with Gasteiger partial charge in [-0.3, -0.25) is 9.59 Å². The maximum atomic E-state index is 13.7. The average molecular weight is 483 g/mol. The smallest absolute Gasteiger partial charge is 0.254 e. The fourth-order valence-electron chi connectivity index (χ4n) is 5.16. The third-order valence-corrected chi connectivity index (χ3v) is 7.02. The third-order valence-electron chi connectivity index (χ3n) is 7.02. The summed E-state index contributed by atoms with van der Waals surface area (Å²) in [6.07, 6.45) is 3.17. The lowest BCUT2D eigenvalue weighted by molar-refractivity contribution is -0.136. The van der Waals surface area contributed by atoms with Crippen molar-refractivity contribution >= 4 is 11.8 Å². The SMILES string of the molecule is COc1cccc(C(=O)N2C[C@H](C(=O)N3CCCCC3)[C@@H](c3cc(OC)c(OC)c(OC)c3)C2)c1. The van der Waals surface area contributed by atoms with Gasteiger partial charge in [-0.15, -0.1) is 0 Å². The van der Waals surface area contributed by atoms with E-state index in [2.05, 4.69) is 0 Å². The molecule has 35 heavy (non-hydrogen) atoms. The Labute approximate surface area is 206 Å². The highest BCUT2D eigenvalue weighted by molar-refractivity contribution is 5.95. The summed E-state index contributed by atoms with van der Waals surface area (Å²) >= 11 is 0. The number of nitrogens with zero attached hydrogens (tertiary/aromatic N) is 2. The minimum Gasteiger partial charge on any atom is -0.497 e. The van der Waals surface area contributed by atoms with Crippen LogP contribution in [0.3, 0.4) is 0 Å². The molecule has 2 atom stereocenters. The van der Waals surface area contributed by atoms with Gasteiger partial charge < -0.3 is 28.7 Å². The molecule has 0 unspecified atom stereocenters. The molecule has 4 rings (SSSR count). The molecule has 188 valence electrons. The van der Waals surface area contributed by atoms with Gasteiger partial charge in [0.1, 0.15) is 5.75 Å². The molecule has 2 aliphatic heterocycles. The summed E-state index contributed by atoms with van der Waals surface area (Å²) in [6, 6.07) is 10.9. The van der Waals surface area contributed by atoms with Crippen molar-refractivity contribution in [1.29, 1.82) is 0 Å². The van der Waals surface area contributed by atoms with Gasteiger partial charge in [0.2, 0.25) is 11.7 Å². The molecule has 0 spiro atoms. The predicted molar refractivity (Wildman–Crippen MR) is 132 cm³/mol. The van der Waals surface area contributed by atoms with Crippen LogP contribution in [-0.2, 0) is 4.79 Å². The van der Waals surface area contributed by atoms with Gasteiger partial charge in [-0.25, -0.2) is 0 Å². The molecule has 2 heterocycles. The van der Waals surface area contributed by atoms with E-state index < -0.39 is 0 Å². The van der Waals surface area contributed by atoms with Crippen LogP contribution in [0.1, 0.15) is 41.1 Å². The fraction of sp³-hybridized carbons (Fsp3) is 0.481. The average Bonchev–Trinajstić information content (AvgIpc) is 3.37. The van der Waals surface area contributed by atoms with E-state index in [9.17, 15) is 9.59 Å². The molecule has 0 saturated carbocycles. The Bertz CT molecular complexity index is 1040. The number of carbonyl (C=O) groups excluding carboxylic acids is 2. The van der Waals surface area contributed by atoms with Crippen molar-refractivity contribution in [3.05, 3.63) is 47.5 Å². The number of hydrogen-bond acceptors (Lipinski definition) is 6. The molecule has 0 N–H and O–H groups in total. The summed E-state index contributed by atoms with van der Waals surface area (Å²) in [5.41, 5.74) is 1.43. The fourth-order valence-corrected chi connectivity index (χ4v) is 5.16. The van der Waals surface area contributed by atoms with E-state index in [1.54, 1.807) is 51.5 Å². The topological polar surface area (TPSA) is 77.5 Å². The highest BCUT2D eigenvalue weighted by Gasteiger charge is 2.43. The molecule has 0 aromatic heterocycles. The Morgan fingerprint density at radius 3 is 2.09 bits per heavy atom. The molecule has 0 radical (unpaired) electrons. The molecular weight excluding hydrogens is 448 g/mol. The summed E-state index contributed by atoms with van der Waals surface area (Å²) < 4.78 is 21.9. The maximum Gasteiger partial charge on any atom is 0.254 e. The van der Waals surface area contributed by atoms with Crippen LogP contribution in [0.25, 0.3) is 0 Å². The molecule has 0 aliphatic carbocycles. The van der Waals surface area contributed by atoms with Gasteiger partial charge in [0, 0.05) is 37.7 Å². The van der Waals surface area contributed by atoms with Crippen LogP contribution in [0.15, 0.2) is 36.4 Å². The van der Waals surface area contributed by atoms with Crippen molar-refractivity contribution < 1.29 is 28.5 Å². The van der Waals surface area contributed by atoms with Crippen molar-refractivity contribution in [2.75, 3.05) is 54.6 Å². The van der Waals surface area contributed by atoms with Gasteiger partial charge >= 0.3 is 0 Å². The molecule has 0 bridgehead atoms. The standard InChI is InChI=1S/C27H34N2O6/c1-32-20-10-8-9-18(13-20)26(30)29-16-21(22(17-29)27(31)28-11-6-5-7-12-28)19-14-23(33-2)25(35-4)24(15-19)34-3/h8-10,13-15,21-22H,5-7,11-12,16-17H2,1-4H3/t21-,22+/m1/s1. The molecule has 2 fully saturated rings. The molecule has 8 nitrogen and oxygen atoms in total. The maximum absolute atomic E-state index is 13.7. The van der Waals surface area contributed by atoms with Crippen molar-refractivity contribution in [2.45, 2.75) is 25.2 Å². The predicted octanol–water partition coefficient (Wildman–Crippen LogP) is 3.59. The number of benzene rings is 2. The molecule has 2 aliphatic rings. The number of ether oxygens (including phenoxy) is 4. The molecular formula is C27H34N2O6. The van der Waals surface area contributed by atoms with Gasteiger partial charge in [0.25, 0.3) is 5.91 Å². The Morgan fingerprint density at radius 1 is 0.800 bits per heavy atom. The summed E-state index contributed by atoms with van der Waals surface area (Å²) in [5.74, 6) is 1.61. The lowest BCUT2D eigenvalue weighted by atomic mass is 9.87. The Balaban J connectivity index is 1.69. The van der Waals surface area contributed by atoms with Gasteiger partial charge in [-0.05, 0) is 55.2 Å².